The van der Waals surface area contributed by atoms with E-state index in [-0.39, 0.29) is 18.9 Å². The molecule has 3 aliphatic heterocycles. The molecule has 0 spiro atoms. The van der Waals surface area contributed by atoms with E-state index in [4.69, 9.17) is 28.4 Å². The van der Waals surface area contributed by atoms with E-state index in [0.29, 0.717) is 12.8 Å². The highest BCUT2D eigenvalue weighted by Crippen LogP contribution is 2.33. The second kappa shape index (κ2) is 53.4. The Morgan fingerprint density at radius 1 is 0.407 bits per heavy atom. The number of carbonyl (C=O) groups excluding carboxylic acids is 1. The van der Waals surface area contributed by atoms with E-state index in [0.717, 1.165) is 96.3 Å². The topological polar surface area (TPSA) is 307 Å². The van der Waals surface area contributed by atoms with Gasteiger partial charge in [-0.3, -0.25) is 4.79 Å². The summed E-state index contributed by atoms with van der Waals surface area (Å²) in [6, 6.07) is -0.894. The van der Waals surface area contributed by atoms with Crippen LogP contribution in [0.2, 0.25) is 0 Å². The lowest BCUT2D eigenvalue weighted by atomic mass is 9.96. The predicted octanol–water partition coefficient (Wildman–Crippen LogP) is 9.72. The first-order chi connectivity index (χ1) is 44.3. The molecule has 0 saturated carbocycles. The van der Waals surface area contributed by atoms with Crippen molar-refractivity contribution in [2.75, 3.05) is 26.4 Å². The molecule has 3 rings (SSSR count). The lowest BCUT2D eigenvalue weighted by Gasteiger charge is -2.48. The summed E-state index contributed by atoms with van der Waals surface area (Å²) in [6.45, 7) is 1.69. The van der Waals surface area contributed by atoms with Gasteiger partial charge in [-0.1, -0.05) is 247 Å². The highest BCUT2D eigenvalue weighted by molar-refractivity contribution is 5.76. The molecule has 19 nitrogen and oxygen atoms in total. The lowest BCUT2D eigenvalue weighted by molar-refractivity contribution is -0.379. The number of amides is 1. The van der Waals surface area contributed by atoms with Crippen molar-refractivity contribution in [2.45, 2.75) is 349 Å². The Balaban J connectivity index is 1.41. The predicted molar refractivity (Wildman–Crippen MR) is 355 cm³/mol. The lowest BCUT2D eigenvalue weighted by Crippen LogP contribution is -2.66. The first-order valence-electron chi connectivity index (χ1n) is 35.7. The highest BCUT2D eigenvalue weighted by Gasteiger charge is 2.53. The monoisotopic (exact) mass is 1290 g/mol. The third kappa shape index (κ3) is 35.2. The van der Waals surface area contributed by atoms with Crippen LogP contribution in [0.25, 0.3) is 0 Å². The fraction of sp³-hybridized carbons (Fsp3) is 0.819. The van der Waals surface area contributed by atoms with Crippen LogP contribution in [0, 0.1) is 0 Å². The van der Waals surface area contributed by atoms with Crippen LogP contribution in [0.4, 0.5) is 0 Å². The third-order valence-corrected chi connectivity index (χ3v) is 17.5. The molecular formula is C72H127NO18. The van der Waals surface area contributed by atoms with Crippen molar-refractivity contribution in [3.8, 4) is 0 Å². The van der Waals surface area contributed by atoms with Crippen LogP contribution in [0.5, 0.6) is 0 Å². The molecule has 12 N–H and O–H groups in total. The third-order valence-electron chi connectivity index (χ3n) is 17.5. The maximum absolute atomic E-state index is 13.4. The summed E-state index contributed by atoms with van der Waals surface area (Å²) < 4.78 is 34.4. The fourth-order valence-electron chi connectivity index (χ4n) is 11.8. The molecule has 17 unspecified atom stereocenters. The molecule has 0 bridgehead atoms. The molecule has 3 aliphatic rings. The standard InChI is InChI=1S/C72H127NO18/c1-3-5-7-9-11-13-15-17-19-21-22-23-24-25-26-27-28-29-30-31-32-34-36-38-40-42-44-46-48-50-60(78)73-55(56(77)49-47-45-43-41-39-37-35-33-20-18-16-14-12-10-8-6-4-2)54-86-70-66(84)63(81)68(58(52-75)88-70)91-72-67(85)64(82)69(59(53-76)89-72)90-71-65(83)62(80)61(79)57(51-74)87-71/h5,7,11,13,17,19,22-23,25-26,28-29,55-59,61-72,74-77,79-85H,3-4,6,8-10,12,14-16,18,20-21,24,27,30-54H2,1-2H3,(H,73,78)/b7-5-,13-11-,19-17-,23-22-,26-25-,29-28-. The smallest absolute Gasteiger partial charge is 0.220 e. The Morgan fingerprint density at radius 3 is 1.19 bits per heavy atom. The summed E-state index contributed by atoms with van der Waals surface area (Å²) >= 11 is 0. The molecule has 0 aromatic rings. The zero-order valence-electron chi connectivity index (χ0n) is 55.8. The minimum Gasteiger partial charge on any atom is -0.394 e. The Bertz CT molecular complexity index is 1930. The quantitative estimate of drug-likeness (QED) is 0.0199. The van der Waals surface area contributed by atoms with Crippen LogP contribution in [0.3, 0.4) is 0 Å². The summed E-state index contributed by atoms with van der Waals surface area (Å²) in [7, 11) is 0. The van der Waals surface area contributed by atoms with Crippen molar-refractivity contribution in [2.24, 2.45) is 0 Å². The van der Waals surface area contributed by atoms with Gasteiger partial charge in [-0.05, 0) is 64.2 Å². The molecule has 17 atom stereocenters. The van der Waals surface area contributed by atoms with Gasteiger partial charge in [0.1, 0.15) is 73.2 Å². The number of nitrogens with one attached hydrogen (secondary N) is 1. The number of hydrogen-bond donors (Lipinski definition) is 12. The largest absolute Gasteiger partial charge is 0.394 e. The van der Waals surface area contributed by atoms with E-state index >= 15 is 0 Å². The van der Waals surface area contributed by atoms with Crippen LogP contribution >= 0.6 is 0 Å². The van der Waals surface area contributed by atoms with Crippen molar-refractivity contribution in [1.82, 2.24) is 5.32 Å². The van der Waals surface area contributed by atoms with Gasteiger partial charge in [-0.2, -0.15) is 0 Å². The van der Waals surface area contributed by atoms with Gasteiger partial charge in [0.25, 0.3) is 0 Å². The zero-order chi connectivity index (χ0) is 66.1. The van der Waals surface area contributed by atoms with Crippen molar-refractivity contribution in [1.29, 1.82) is 0 Å². The van der Waals surface area contributed by atoms with Crippen molar-refractivity contribution < 1.29 is 89.4 Å². The number of aliphatic hydroxyl groups excluding tert-OH is 11. The molecule has 0 radical (unpaired) electrons. The fourth-order valence-corrected chi connectivity index (χ4v) is 11.8. The van der Waals surface area contributed by atoms with Crippen molar-refractivity contribution in [3.05, 3.63) is 72.9 Å². The van der Waals surface area contributed by atoms with Crippen LogP contribution in [-0.4, -0.2) is 193 Å². The second-order valence-corrected chi connectivity index (χ2v) is 25.3. The summed E-state index contributed by atoms with van der Waals surface area (Å²) in [5.41, 5.74) is 0. The first kappa shape index (κ1) is 82.5. The van der Waals surface area contributed by atoms with Crippen LogP contribution < -0.4 is 5.32 Å². The Kier molecular flexibility index (Phi) is 48.4. The minimum atomic E-state index is -1.98. The van der Waals surface area contributed by atoms with Crippen LogP contribution in [0.1, 0.15) is 245 Å². The first-order valence-corrected chi connectivity index (χ1v) is 35.7. The molecule has 0 aromatic heterocycles. The maximum atomic E-state index is 13.4. The Hall–Kier alpha value is -2.77. The molecule has 91 heavy (non-hydrogen) atoms. The van der Waals surface area contributed by atoms with Gasteiger partial charge < -0.3 is 89.9 Å². The molecule has 1 amide bonds. The number of carbonyl (C=O) groups is 1. The van der Waals surface area contributed by atoms with Crippen LogP contribution in [-0.2, 0) is 33.2 Å². The van der Waals surface area contributed by atoms with E-state index in [1.54, 1.807) is 0 Å². The normalized spacial score (nSPS) is 28.3. The zero-order valence-corrected chi connectivity index (χ0v) is 55.8. The number of ether oxygens (including phenoxy) is 6. The number of rotatable bonds is 54. The van der Waals surface area contributed by atoms with E-state index in [1.165, 1.54) is 116 Å². The van der Waals surface area contributed by atoms with Gasteiger partial charge in [0.2, 0.25) is 5.91 Å². The summed E-state index contributed by atoms with van der Waals surface area (Å²) in [5.74, 6) is -0.249. The maximum Gasteiger partial charge on any atom is 0.220 e. The summed E-state index contributed by atoms with van der Waals surface area (Å²) in [5, 5.41) is 121. The van der Waals surface area contributed by atoms with Crippen LogP contribution in [0.15, 0.2) is 72.9 Å². The Morgan fingerprint density at radius 2 is 0.758 bits per heavy atom. The number of allylic oxidation sites excluding steroid dienone is 12. The minimum absolute atomic E-state index is 0.249. The van der Waals surface area contributed by atoms with Gasteiger partial charge >= 0.3 is 0 Å². The van der Waals surface area contributed by atoms with Gasteiger partial charge in [-0.25, -0.2) is 0 Å². The highest BCUT2D eigenvalue weighted by atomic mass is 16.8. The Labute approximate surface area is 547 Å². The molecular weight excluding hydrogens is 1170 g/mol. The number of unbranched alkanes of at least 4 members (excludes halogenated alkanes) is 26. The SMILES string of the molecule is CC/C=C\C/C=C\C/C=C\C/C=C\C/C=C\C/C=C\CCCCCCCCCCCCC(=O)NC(COC1OC(CO)C(OC2OC(CO)C(OC3OC(CO)C(O)C(O)C3O)C(O)C2O)C(O)C1O)C(O)CCCCCCCCCCCCCCCCCCC. The molecule has 528 valence electrons. The van der Waals surface area contributed by atoms with Gasteiger partial charge in [0, 0.05) is 6.42 Å². The average Bonchev–Trinajstić information content (AvgIpc) is 0.884. The van der Waals surface area contributed by atoms with E-state index in [9.17, 15) is 61.0 Å². The average molecular weight is 1290 g/mol. The van der Waals surface area contributed by atoms with Gasteiger partial charge in [0.05, 0.1) is 38.6 Å². The van der Waals surface area contributed by atoms with E-state index < -0.39 is 124 Å². The van der Waals surface area contributed by atoms with E-state index in [2.05, 4.69) is 92.1 Å². The van der Waals surface area contributed by atoms with Gasteiger partial charge in [0.15, 0.2) is 18.9 Å². The summed E-state index contributed by atoms with van der Waals surface area (Å²) in [4.78, 5) is 13.4. The van der Waals surface area contributed by atoms with Crippen molar-refractivity contribution >= 4 is 5.91 Å². The molecule has 19 heteroatoms. The van der Waals surface area contributed by atoms with Crippen molar-refractivity contribution in [3.63, 3.8) is 0 Å². The molecule has 3 saturated heterocycles. The number of hydrogen-bond acceptors (Lipinski definition) is 18. The van der Waals surface area contributed by atoms with E-state index in [1.807, 2.05) is 0 Å². The molecule has 0 aromatic carbocycles. The number of aliphatic hydroxyl groups is 11. The second-order valence-electron chi connectivity index (χ2n) is 25.3. The van der Waals surface area contributed by atoms with Gasteiger partial charge in [-0.15, -0.1) is 0 Å². The molecule has 0 aliphatic carbocycles. The molecule has 3 heterocycles. The summed E-state index contributed by atoms with van der Waals surface area (Å²) in [6.07, 6.45) is 39.7. The molecule has 3 fully saturated rings.